The number of hydrogen-bond acceptors (Lipinski definition) is 4. The molecule has 0 aliphatic heterocycles. The van der Waals surface area contributed by atoms with Gasteiger partial charge in [0.05, 0.1) is 18.7 Å². The summed E-state index contributed by atoms with van der Waals surface area (Å²) in [5, 5.41) is 19.0. The zero-order valence-electron chi connectivity index (χ0n) is 10.2. The second-order valence-corrected chi connectivity index (χ2v) is 4.44. The quantitative estimate of drug-likeness (QED) is 0.883. The van der Waals surface area contributed by atoms with Gasteiger partial charge in [0.2, 0.25) is 0 Å². The summed E-state index contributed by atoms with van der Waals surface area (Å²) in [6.45, 7) is 0. The summed E-state index contributed by atoms with van der Waals surface area (Å²) >= 11 is 0. The Morgan fingerprint density at radius 2 is 2.17 bits per heavy atom. The van der Waals surface area contributed by atoms with Crippen molar-refractivity contribution in [1.82, 2.24) is 0 Å². The topological polar surface area (TPSA) is 79.3 Å². The number of rotatable bonds is 3. The van der Waals surface area contributed by atoms with Gasteiger partial charge in [-0.2, -0.15) is 5.26 Å². The molecular formula is C13H17ClN2O2. The summed E-state index contributed by atoms with van der Waals surface area (Å²) < 4.78 is 5.05. The van der Waals surface area contributed by atoms with Crippen molar-refractivity contribution in [2.45, 2.75) is 25.3 Å². The lowest BCUT2D eigenvalue weighted by molar-refractivity contribution is 0.259. The third-order valence-electron chi connectivity index (χ3n) is 3.47. The van der Waals surface area contributed by atoms with E-state index in [1.165, 1.54) is 19.6 Å². The monoisotopic (exact) mass is 268 g/mol. The Morgan fingerprint density at radius 3 is 2.61 bits per heavy atom. The van der Waals surface area contributed by atoms with E-state index >= 15 is 0 Å². The van der Waals surface area contributed by atoms with E-state index in [2.05, 4.69) is 6.07 Å². The first kappa shape index (κ1) is 14.6. The number of methoxy groups -OCH3 is 1. The first-order chi connectivity index (χ1) is 8.17. The molecule has 1 aromatic carbocycles. The van der Waals surface area contributed by atoms with Gasteiger partial charge in [-0.3, -0.25) is 0 Å². The first-order valence-corrected chi connectivity index (χ1v) is 5.74. The Bertz CT molecular complexity index is 467. The molecule has 0 bridgehead atoms. The second kappa shape index (κ2) is 5.94. The van der Waals surface area contributed by atoms with Crippen molar-refractivity contribution in [2.24, 2.45) is 11.7 Å². The normalized spacial score (nSPS) is 16.1. The van der Waals surface area contributed by atoms with Gasteiger partial charge in [-0.05, 0) is 24.8 Å². The molecule has 1 saturated carbocycles. The van der Waals surface area contributed by atoms with Gasteiger partial charge in [0.25, 0.3) is 0 Å². The molecule has 0 heterocycles. The summed E-state index contributed by atoms with van der Waals surface area (Å²) in [4.78, 5) is 0. The molecule has 4 nitrogen and oxygen atoms in total. The molecule has 0 amide bonds. The van der Waals surface area contributed by atoms with Crippen LogP contribution in [-0.4, -0.2) is 12.2 Å². The van der Waals surface area contributed by atoms with Gasteiger partial charge in [0, 0.05) is 17.7 Å². The van der Waals surface area contributed by atoms with Crippen molar-refractivity contribution < 1.29 is 9.84 Å². The van der Waals surface area contributed by atoms with Crippen LogP contribution in [0, 0.1) is 17.2 Å². The summed E-state index contributed by atoms with van der Waals surface area (Å²) in [6.07, 6.45) is 3.35. The molecule has 1 aliphatic rings. The summed E-state index contributed by atoms with van der Waals surface area (Å²) in [5.74, 6) is 0.777. The summed E-state index contributed by atoms with van der Waals surface area (Å²) in [5.41, 5.74) is 7.20. The van der Waals surface area contributed by atoms with Crippen LogP contribution in [0.15, 0.2) is 12.1 Å². The van der Waals surface area contributed by atoms with E-state index in [-0.39, 0.29) is 24.2 Å². The lowest BCUT2D eigenvalue weighted by atomic mass is 9.77. The van der Waals surface area contributed by atoms with Crippen molar-refractivity contribution in [3.05, 3.63) is 23.3 Å². The van der Waals surface area contributed by atoms with Crippen molar-refractivity contribution >= 4 is 12.4 Å². The molecule has 0 spiro atoms. The molecule has 0 unspecified atom stereocenters. The highest BCUT2D eigenvalue weighted by atomic mass is 35.5. The van der Waals surface area contributed by atoms with E-state index in [4.69, 9.17) is 15.7 Å². The van der Waals surface area contributed by atoms with E-state index in [1.807, 2.05) is 0 Å². The maximum Gasteiger partial charge on any atom is 0.162 e. The van der Waals surface area contributed by atoms with Gasteiger partial charge >= 0.3 is 0 Å². The van der Waals surface area contributed by atoms with Crippen LogP contribution < -0.4 is 10.5 Å². The average Bonchev–Trinajstić information content (AvgIpc) is 2.27. The molecule has 2 rings (SSSR count). The number of ether oxygens (including phenoxy) is 1. The first-order valence-electron chi connectivity index (χ1n) is 5.74. The van der Waals surface area contributed by atoms with Gasteiger partial charge in [0.15, 0.2) is 11.5 Å². The van der Waals surface area contributed by atoms with Gasteiger partial charge in [-0.25, -0.2) is 0 Å². The molecular weight excluding hydrogens is 252 g/mol. The van der Waals surface area contributed by atoms with Gasteiger partial charge in [0.1, 0.15) is 0 Å². The highest BCUT2D eigenvalue weighted by molar-refractivity contribution is 5.85. The van der Waals surface area contributed by atoms with Crippen LogP contribution in [0.2, 0.25) is 0 Å². The van der Waals surface area contributed by atoms with Crippen molar-refractivity contribution in [2.75, 3.05) is 7.11 Å². The van der Waals surface area contributed by atoms with Crippen LogP contribution in [0.25, 0.3) is 0 Å². The third-order valence-corrected chi connectivity index (χ3v) is 3.47. The van der Waals surface area contributed by atoms with Crippen LogP contribution in [0.1, 0.15) is 36.4 Å². The SMILES string of the molecule is COc1cc(C#N)cc([C@@H](N)C2CCC2)c1O.Cl. The van der Waals surface area contributed by atoms with Crippen LogP contribution >= 0.6 is 12.4 Å². The van der Waals surface area contributed by atoms with Crippen LogP contribution in [0.4, 0.5) is 0 Å². The summed E-state index contributed by atoms with van der Waals surface area (Å²) in [7, 11) is 1.47. The van der Waals surface area contributed by atoms with Gasteiger partial charge in [-0.1, -0.05) is 6.42 Å². The number of phenols is 1. The van der Waals surface area contributed by atoms with E-state index in [0.29, 0.717) is 22.8 Å². The van der Waals surface area contributed by atoms with Gasteiger partial charge < -0.3 is 15.6 Å². The molecule has 3 N–H and O–H groups in total. The third kappa shape index (κ3) is 2.53. The standard InChI is InChI=1S/C13H16N2O2.ClH/c1-17-11-6-8(7-14)5-10(13(11)16)12(15)9-3-2-4-9;/h5-6,9,12,16H,2-4,15H2,1H3;1H/t12-;/m0./s1. The number of hydrogen-bond donors (Lipinski definition) is 2. The molecule has 5 heteroatoms. The fourth-order valence-corrected chi connectivity index (χ4v) is 2.16. The Morgan fingerprint density at radius 1 is 1.50 bits per heavy atom. The van der Waals surface area contributed by atoms with E-state index in [9.17, 15) is 5.11 Å². The van der Waals surface area contributed by atoms with Crippen molar-refractivity contribution in [3.63, 3.8) is 0 Å². The number of nitrogens with two attached hydrogens (primary N) is 1. The number of phenolic OH excluding ortho intramolecular Hbond substituents is 1. The Hall–Kier alpha value is -1.44. The fraction of sp³-hybridized carbons (Fsp3) is 0.462. The lowest BCUT2D eigenvalue weighted by Crippen LogP contribution is -2.27. The molecule has 1 aromatic rings. The minimum atomic E-state index is -0.217. The van der Waals surface area contributed by atoms with Gasteiger partial charge in [-0.15, -0.1) is 12.4 Å². The number of nitriles is 1. The van der Waals surface area contributed by atoms with Crippen molar-refractivity contribution in [1.29, 1.82) is 5.26 Å². The summed E-state index contributed by atoms with van der Waals surface area (Å²) in [6, 6.07) is 5.01. The predicted octanol–water partition coefficient (Wildman–Crippen LogP) is 2.49. The predicted molar refractivity (Wildman–Crippen MR) is 70.9 cm³/mol. The number of halogens is 1. The maximum absolute atomic E-state index is 10.0. The zero-order valence-corrected chi connectivity index (χ0v) is 11.0. The molecule has 18 heavy (non-hydrogen) atoms. The number of benzene rings is 1. The minimum absolute atomic E-state index is 0. The Labute approximate surface area is 113 Å². The van der Waals surface area contributed by atoms with Crippen molar-refractivity contribution in [3.8, 4) is 17.6 Å². The highest BCUT2D eigenvalue weighted by Gasteiger charge is 2.28. The smallest absolute Gasteiger partial charge is 0.162 e. The molecule has 1 atom stereocenters. The van der Waals surface area contributed by atoms with E-state index in [1.54, 1.807) is 6.07 Å². The zero-order chi connectivity index (χ0) is 12.4. The average molecular weight is 269 g/mol. The van der Waals surface area contributed by atoms with Crippen LogP contribution in [0.3, 0.4) is 0 Å². The molecule has 0 aromatic heterocycles. The molecule has 0 radical (unpaired) electrons. The lowest BCUT2D eigenvalue weighted by Gasteiger charge is -2.32. The number of nitrogens with zero attached hydrogens (tertiary/aromatic N) is 1. The van der Waals surface area contributed by atoms with E-state index < -0.39 is 0 Å². The van der Waals surface area contributed by atoms with Crippen LogP contribution in [-0.2, 0) is 0 Å². The number of aromatic hydroxyl groups is 1. The maximum atomic E-state index is 10.0. The molecule has 98 valence electrons. The minimum Gasteiger partial charge on any atom is -0.504 e. The molecule has 1 aliphatic carbocycles. The second-order valence-electron chi connectivity index (χ2n) is 4.44. The van der Waals surface area contributed by atoms with Crippen LogP contribution in [0.5, 0.6) is 11.5 Å². The van der Waals surface area contributed by atoms with E-state index in [0.717, 1.165) is 12.8 Å². The highest BCUT2D eigenvalue weighted by Crippen LogP contribution is 2.42. The Kier molecular flexibility index (Phi) is 4.83. The molecule has 1 fully saturated rings. The largest absolute Gasteiger partial charge is 0.504 e. The Balaban J connectivity index is 0.00000162. The fourth-order valence-electron chi connectivity index (χ4n) is 2.16. The molecule has 0 saturated heterocycles.